The fraction of sp³-hybridized carbons (Fsp3) is 0.833. The molecule has 3 atom stereocenters. The van der Waals surface area contributed by atoms with Gasteiger partial charge in [0, 0.05) is 12.1 Å². The Morgan fingerprint density at radius 3 is 2.60 bits per heavy atom. The summed E-state index contributed by atoms with van der Waals surface area (Å²) in [5.74, 6) is -1.03. The molecule has 58 valence electrons. The number of rotatable bonds is 2. The average molecular weight is 144 g/mol. The van der Waals surface area contributed by atoms with Crippen molar-refractivity contribution in [3.63, 3.8) is 0 Å². The highest BCUT2D eigenvalue weighted by Crippen LogP contribution is 2.25. The second-order valence-electron chi connectivity index (χ2n) is 2.66. The summed E-state index contributed by atoms with van der Waals surface area (Å²) in [6.07, 6.45) is 0.598. The Hall–Kier alpha value is -0.610. The van der Waals surface area contributed by atoms with Crippen LogP contribution in [0, 0.1) is 5.92 Å². The molecule has 4 heteroatoms. The third-order valence-electron chi connectivity index (χ3n) is 2.07. The van der Waals surface area contributed by atoms with E-state index in [4.69, 9.17) is 10.8 Å². The standard InChI is InChI=1S/C6H12N2O2/c1-8-5-3(6(9)10)2-4(5)7/h3-5,8H,2,7H2,1H3,(H,9,10). The van der Waals surface area contributed by atoms with Crippen LogP contribution in [0.5, 0.6) is 0 Å². The highest BCUT2D eigenvalue weighted by atomic mass is 16.4. The van der Waals surface area contributed by atoms with Crippen molar-refractivity contribution in [3.8, 4) is 0 Å². The Kier molecular flexibility index (Phi) is 1.92. The van der Waals surface area contributed by atoms with Gasteiger partial charge in [0.25, 0.3) is 0 Å². The molecule has 1 fully saturated rings. The zero-order valence-corrected chi connectivity index (χ0v) is 5.87. The van der Waals surface area contributed by atoms with Crippen LogP contribution >= 0.6 is 0 Å². The van der Waals surface area contributed by atoms with Crippen molar-refractivity contribution in [2.24, 2.45) is 11.7 Å². The van der Waals surface area contributed by atoms with Gasteiger partial charge in [0.15, 0.2) is 0 Å². The molecule has 0 aromatic rings. The molecule has 0 saturated heterocycles. The lowest BCUT2D eigenvalue weighted by atomic mass is 9.75. The Bertz CT molecular complexity index is 149. The van der Waals surface area contributed by atoms with Gasteiger partial charge >= 0.3 is 5.97 Å². The number of nitrogens with one attached hydrogen (secondary N) is 1. The molecule has 10 heavy (non-hydrogen) atoms. The molecule has 0 amide bonds. The van der Waals surface area contributed by atoms with Crippen LogP contribution in [-0.4, -0.2) is 30.2 Å². The van der Waals surface area contributed by atoms with Crippen LogP contribution in [0.3, 0.4) is 0 Å². The average Bonchev–Trinajstić information content (AvgIpc) is 1.83. The third-order valence-corrected chi connectivity index (χ3v) is 2.07. The maximum absolute atomic E-state index is 10.4. The van der Waals surface area contributed by atoms with Gasteiger partial charge in [-0.25, -0.2) is 0 Å². The summed E-state index contributed by atoms with van der Waals surface area (Å²) < 4.78 is 0. The third kappa shape index (κ3) is 0.998. The van der Waals surface area contributed by atoms with Gasteiger partial charge in [-0.15, -0.1) is 0 Å². The lowest BCUT2D eigenvalue weighted by molar-refractivity contribution is -0.146. The van der Waals surface area contributed by atoms with Crippen LogP contribution in [0.4, 0.5) is 0 Å². The van der Waals surface area contributed by atoms with Gasteiger partial charge in [0.2, 0.25) is 0 Å². The molecule has 1 aliphatic carbocycles. The monoisotopic (exact) mass is 144 g/mol. The minimum Gasteiger partial charge on any atom is -0.481 e. The molecule has 1 rings (SSSR count). The van der Waals surface area contributed by atoms with Gasteiger partial charge in [-0.05, 0) is 13.5 Å². The van der Waals surface area contributed by atoms with Gasteiger partial charge in [-0.1, -0.05) is 0 Å². The lowest BCUT2D eigenvalue weighted by Crippen LogP contribution is -2.61. The molecule has 4 nitrogen and oxygen atoms in total. The second kappa shape index (κ2) is 2.56. The Balaban J connectivity index is 2.45. The molecule has 4 N–H and O–H groups in total. The smallest absolute Gasteiger partial charge is 0.308 e. The zero-order chi connectivity index (χ0) is 7.72. The van der Waals surface area contributed by atoms with Crippen LogP contribution in [0.2, 0.25) is 0 Å². The van der Waals surface area contributed by atoms with Crippen molar-refractivity contribution in [2.45, 2.75) is 18.5 Å². The summed E-state index contributed by atoms with van der Waals surface area (Å²) in [6.45, 7) is 0. The zero-order valence-electron chi connectivity index (χ0n) is 5.87. The summed E-state index contributed by atoms with van der Waals surface area (Å²) in [5, 5.41) is 11.4. The van der Waals surface area contributed by atoms with Crippen molar-refractivity contribution >= 4 is 5.97 Å². The van der Waals surface area contributed by atoms with Crippen LogP contribution in [-0.2, 0) is 4.79 Å². The quantitative estimate of drug-likeness (QED) is 0.465. The molecule has 0 heterocycles. The number of likely N-dealkylation sites (N-methyl/N-ethyl adjacent to an activating group) is 1. The Morgan fingerprint density at radius 1 is 1.80 bits per heavy atom. The number of carboxylic acid groups (broad SMARTS) is 1. The molecule has 0 aliphatic heterocycles. The van der Waals surface area contributed by atoms with Crippen LogP contribution in [0.25, 0.3) is 0 Å². The number of carbonyl (C=O) groups is 1. The number of aliphatic carboxylic acids is 1. The molecular weight excluding hydrogens is 132 g/mol. The van der Waals surface area contributed by atoms with Crippen LogP contribution < -0.4 is 11.1 Å². The van der Waals surface area contributed by atoms with Gasteiger partial charge in [0.05, 0.1) is 5.92 Å². The summed E-state index contributed by atoms with van der Waals surface area (Å²) in [6, 6.07) is -0.0106. The molecular formula is C6H12N2O2. The lowest BCUT2D eigenvalue weighted by Gasteiger charge is -2.39. The molecule has 0 spiro atoms. The van der Waals surface area contributed by atoms with Crippen molar-refractivity contribution in [1.29, 1.82) is 0 Å². The van der Waals surface area contributed by atoms with E-state index in [0.717, 1.165) is 0 Å². The van der Waals surface area contributed by atoms with Crippen molar-refractivity contribution in [3.05, 3.63) is 0 Å². The first kappa shape index (κ1) is 7.50. The summed E-state index contributed by atoms with van der Waals surface area (Å²) in [7, 11) is 1.74. The second-order valence-corrected chi connectivity index (χ2v) is 2.66. The van der Waals surface area contributed by atoms with Gasteiger partial charge in [0.1, 0.15) is 0 Å². The highest BCUT2D eigenvalue weighted by molar-refractivity contribution is 5.72. The first-order valence-electron chi connectivity index (χ1n) is 3.32. The summed E-state index contributed by atoms with van der Waals surface area (Å²) >= 11 is 0. The highest BCUT2D eigenvalue weighted by Gasteiger charge is 2.42. The normalized spacial score (nSPS) is 38.8. The van der Waals surface area contributed by atoms with E-state index < -0.39 is 5.97 Å². The number of nitrogens with two attached hydrogens (primary N) is 1. The number of carboxylic acids is 1. The van der Waals surface area contributed by atoms with E-state index in [9.17, 15) is 4.79 Å². The molecule has 0 bridgehead atoms. The van der Waals surface area contributed by atoms with E-state index in [-0.39, 0.29) is 18.0 Å². The largest absolute Gasteiger partial charge is 0.481 e. The van der Waals surface area contributed by atoms with Gasteiger partial charge in [-0.3, -0.25) is 4.79 Å². The van der Waals surface area contributed by atoms with Crippen molar-refractivity contribution in [1.82, 2.24) is 5.32 Å². The molecule has 1 saturated carbocycles. The SMILES string of the molecule is CNC1C(N)CC1C(=O)O. The van der Waals surface area contributed by atoms with E-state index in [2.05, 4.69) is 5.32 Å². The predicted octanol–water partition coefficient (Wildman–Crippen LogP) is -0.994. The van der Waals surface area contributed by atoms with Crippen molar-refractivity contribution < 1.29 is 9.90 Å². The fourth-order valence-electron chi connectivity index (χ4n) is 1.36. The number of hydrogen-bond acceptors (Lipinski definition) is 3. The first-order chi connectivity index (χ1) is 4.66. The molecule has 3 unspecified atom stereocenters. The first-order valence-corrected chi connectivity index (χ1v) is 3.32. The van der Waals surface area contributed by atoms with Crippen LogP contribution in [0.15, 0.2) is 0 Å². The van der Waals surface area contributed by atoms with Gasteiger partial charge in [-0.2, -0.15) is 0 Å². The summed E-state index contributed by atoms with van der Waals surface area (Å²) in [4.78, 5) is 10.4. The number of hydrogen-bond donors (Lipinski definition) is 3. The molecule has 1 aliphatic rings. The minimum atomic E-state index is -0.749. The van der Waals surface area contributed by atoms with Crippen molar-refractivity contribution in [2.75, 3.05) is 7.05 Å². The maximum Gasteiger partial charge on any atom is 0.308 e. The predicted molar refractivity (Wildman–Crippen MR) is 36.6 cm³/mol. The minimum absolute atomic E-state index is 0.0195. The van der Waals surface area contributed by atoms with E-state index in [0.29, 0.717) is 6.42 Å². The molecule has 0 aromatic heterocycles. The van der Waals surface area contributed by atoms with E-state index in [1.165, 1.54) is 0 Å². The Labute approximate surface area is 59.4 Å². The molecule has 0 radical (unpaired) electrons. The topological polar surface area (TPSA) is 75.3 Å². The fourth-order valence-corrected chi connectivity index (χ4v) is 1.36. The van der Waals surface area contributed by atoms with E-state index in [1.807, 2.05) is 0 Å². The summed E-state index contributed by atoms with van der Waals surface area (Å²) in [5.41, 5.74) is 5.54. The van der Waals surface area contributed by atoms with Gasteiger partial charge < -0.3 is 16.2 Å². The maximum atomic E-state index is 10.4. The molecule has 0 aromatic carbocycles. The van der Waals surface area contributed by atoms with Crippen LogP contribution in [0.1, 0.15) is 6.42 Å². The Morgan fingerprint density at radius 2 is 2.40 bits per heavy atom. The van der Waals surface area contributed by atoms with E-state index >= 15 is 0 Å². The van der Waals surface area contributed by atoms with E-state index in [1.54, 1.807) is 7.05 Å².